The second-order valence-corrected chi connectivity index (χ2v) is 7.61. The van der Waals surface area contributed by atoms with Crippen molar-refractivity contribution < 1.29 is 18.4 Å². The van der Waals surface area contributed by atoms with Crippen LogP contribution >= 0.6 is 22.6 Å². The Balaban J connectivity index is 2.25. The number of nitro benzene ring substituents is 1. The highest BCUT2D eigenvalue weighted by molar-refractivity contribution is 14.1. The van der Waals surface area contributed by atoms with Gasteiger partial charge in [0, 0.05) is 17.7 Å². The van der Waals surface area contributed by atoms with Crippen molar-refractivity contribution in [2.24, 2.45) is 5.10 Å². The Labute approximate surface area is 151 Å². The molecule has 2 rings (SSSR count). The minimum Gasteiger partial charge on any atom is -0.506 e. The first-order chi connectivity index (χ1) is 11.2. The zero-order valence-corrected chi connectivity index (χ0v) is 15.3. The molecule has 0 bridgehead atoms. The van der Waals surface area contributed by atoms with E-state index in [1.54, 1.807) is 34.7 Å². The van der Waals surface area contributed by atoms with E-state index in [-0.39, 0.29) is 25.5 Å². The minimum absolute atomic E-state index is 0.0280. The van der Waals surface area contributed by atoms with Gasteiger partial charge in [-0.2, -0.15) is 13.5 Å². The molecule has 0 heterocycles. The van der Waals surface area contributed by atoms with Gasteiger partial charge in [-0.05, 0) is 41.6 Å². The zero-order chi connectivity index (χ0) is 17.9. The van der Waals surface area contributed by atoms with Crippen LogP contribution in [-0.2, 0) is 10.0 Å². The summed E-state index contributed by atoms with van der Waals surface area (Å²) in [4.78, 5) is 12.2. The maximum Gasteiger partial charge on any atom is 0.276 e. The van der Waals surface area contributed by atoms with Crippen LogP contribution in [0.5, 0.6) is 5.75 Å². The van der Waals surface area contributed by atoms with Crippen molar-refractivity contribution in [2.45, 2.75) is 11.8 Å². The standard InChI is InChI=1S/C14H12IN3O5S/c1-9-2-4-12(5-3-9)24(22,23)17-16-8-10-6-11(18(20)21)7-13(15)14(10)19/h2-8,17,19H,1H3/b16-8-. The average molecular weight is 461 g/mol. The number of rotatable bonds is 5. The number of hydrogen-bond donors (Lipinski definition) is 2. The predicted octanol–water partition coefficient (Wildman–Crippen LogP) is 2.53. The van der Waals surface area contributed by atoms with E-state index in [0.29, 0.717) is 0 Å². The summed E-state index contributed by atoms with van der Waals surface area (Å²) in [5.74, 6) is -0.223. The largest absolute Gasteiger partial charge is 0.506 e. The normalized spacial score (nSPS) is 11.6. The molecule has 2 aromatic rings. The van der Waals surface area contributed by atoms with Gasteiger partial charge in [-0.3, -0.25) is 10.1 Å². The van der Waals surface area contributed by atoms with Gasteiger partial charge in [0.25, 0.3) is 15.7 Å². The van der Waals surface area contributed by atoms with Gasteiger partial charge in [-0.15, -0.1) is 0 Å². The Morgan fingerprint density at radius 1 is 1.29 bits per heavy atom. The van der Waals surface area contributed by atoms with Gasteiger partial charge in [-0.1, -0.05) is 17.7 Å². The number of hydrogen-bond acceptors (Lipinski definition) is 6. The highest BCUT2D eigenvalue weighted by Gasteiger charge is 2.15. The number of benzene rings is 2. The first-order valence-electron chi connectivity index (χ1n) is 6.49. The molecule has 0 saturated heterocycles. The third-order valence-corrected chi connectivity index (χ3v) is 5.06. The number of halogens is 1. The fourth-order valence-corrected chi connectivity index (χ4v) is 3.17. The number of sulfonamides is 1. The van der Waals surface area contributed by atoms with E-state index in [4.69, 9.17) is 0 Å². The summed E-state index contributed by atoms with van der Waals surface area (Å²) in [6.45, 7) is 1.83. The third kappa shape index (κ3) is 4.20. The second kappa shape index (κ2) is 7.13. The van der Waals surface area contributed by atoms with Crippen LogP contribution in [0.1, 0.15) is 11.1 Å². The Morgan fingerprint density at radius 3 is 2.50 bits per heavy atom. The molecular weight excluding hydrogens is 449 g/mol. The predicted molar refractivity (Wildman–Crippen MR) is 96.6 cm³/mol. The maximum absolute atomic E-state index is 12.1. The molecule has 0 atom stereocenters. The van der Waals surface area contributed by atoms with E-state index < -0.39 is 14.9 Å². The summed E-state index contributed by atoms with van der Waals surface area (Å²) in [6, 6.07) is 8.45. The molecule has 0 fully saturated rings. The van der Waals surface area contributed by atoms with E-state index in [2.05, 4.69) is 5.10 Å². The molecule has 2 N–H and O–H groups in total. The fourth-order valence-electron chi connectivity index (χ4n) is 1.74. The number of nitrogens with one attached hydrogen (secondary N) is 1. The first-order valence-corrected chi connectivity index (χ1v) is 9.05. The van der Waals surface area contributed by atoms with Crippen molar-refractivity contribution in [1.82, 2.24) is 4.83 Å². The minimum atomic E-state index is -3.86. The zero-order valence-electron chi connectivity index (χ0n) is 12.3. The van der Waals surface area contributed by atoms with Crippen LogP contribution in [-0.4, -0.2) is 24.7 Å². The lowest BCUT2D eigenvalue weighted by Crippen LogP contribution is -2.18. The molecule has 0 aliphatic carbocycles. The summed E-state index contributed by atoms with van der Waals surface area (Å²) in [5.41, 5.74) is 0.703. The molecule has 0 radical (unpaired) electrons. The summed E-state index contributed by atoms with van der Waals surface area (Å²) in [7, 11) is -3.86. The number of aryl methyl sites for hydroxylation is 1. The SMILES string of the molecule is Cc1ccc(S(=O)(=O)N/N=C\c2cc([N+](=O)[O-])cc(I)c2O)cc1. The molecule has 126 valence electrons. The number of non-ortho nitro benzene ring substituents is 1. The lowest BCUT2D eigenvalue weighted by Gasteiger charge is -2.04. The number of aromatic hydroxyl groups is 1. The fraction of sp³-hybridized carbons (Fsp3) is 0.0714. The van der Waals surface area contributed by atoms with Crippen LogP contribution in [0, 0.1) is 20.6 Å². The highest BCUT2D eigenvalue weighted by atomic mass is 127. The van der Waals surface area contributed by atoms with Gasteiger partial charge in [0.15, 0.2) is 0 Å². The molecule has 0 aliphatic rings. The van der Waals surface area contributed by atoms with E-state index >= 15 is 0 Å². The van der Waals surface area contributed by atoms with Crippen LogP contribution in [0.25, 0.3) is 0 Å². The lowest BCUT2D eigenvalue weighted by molar-refractivity contribution is -0.385. The molecular formula is C14H12IN3O5S. The van der Waals surface area contributed by atoms with Crippen LogP contribution in [0.2, 0.25) is 0 Å². The van der Waals surface area contributed by atoms with Crippen molar-refractivity contribution in [3.8, 4) is 5.75 Å². The average Bonchev–Trinajstić information content (AvgIpc) is 2.51. The van der Waals surface area contributed by atoms with Gasteiger partial charge in [0.2, 0.25) is 0 Å². The van der Waals surface area contributed by atoms with Gasteiger partial charge in [-0.25, -0.2) is 4.83 Å². The first kappa shape index (κ1) is 18.1. The molecule has 0 unspecified atom stereocenters. The number of nitro groups is 1. The molecule has 24 heavy (non-hydrogen) atoms. The molecule has 0 saturated carbocycles. The topological polar surface area (TPSA) is 122 Å². The summed E-state index contributed by atoms with van der Waals surface area (Å²) < 4.78 is 24.4. The molecule has 8 nitrogen and oxygen atoms in total. The van der Waals surface area contributed by atoms with Gasteiger partial charge in [0.05, 0.1) is 19.6 Å². The van der Waals surface area contributed by atoms with Crippen LogP contribution < -0.4 is 4.83 Å². The van der Waals surface area contributed by atoms with Gasteiger partial charge in [0.1, 0.15) is 5.75 Å². The van der Waals surface area contributed by atoms with Crippen molar-refractivity contribution in [3.63, 3.8) is 0 Å². The van der Waals surface area contributed by atoms with Crippen molar-refractivity contribution >= 4 is 44.5 Å². The monoisotopic (exact) mass is 461 g/mol. The lowest BCUT2D eigenvalue weighted by atomic mass is 10.2. The Kier molecular flexibility index (Phi) is 5.39. The van der Waals surface area contributed by atoms with Crippen molar-refractivity contribution in [1.29, 1.82) is 0 Å². The number of hydrazone groups is 1. The van der Waals surface area contributed by atoms with Gasteiger partial charge >= 0.3 is 0 Å². The molecule has 0 aliphatic heterocycles. The maximum atomic E-state index is 12.1. The van der Waals surface area contributed by atoms with Crippen LogP contribution in [0.15, 0.2) is 46.4 Å². The summed E-state index contributed by atoms with van der Waals surface area (Å²) in [6.07, 6.45) is 1.01. The molecule has 0 amide bonds. The van der Waals surface area contributed by atoms with Crippen molar-refractivity contribution in [2.75, 3.05) is 0 Å². The van der Waals surface area contributed by atoms with E-state index in [1.165, 1.54) is 18.2 Å². The quantitative estimate of drug-likeness (QED) is 0.307. The van der Waals surface area contributed by atoms with Crippen molar-refractivity contribution in [3.05, 3.63) is 61.2 Å². The van der Waals surface area contributed by atoms with E-state index in [9.17, 15) is 23.6 Å². The number of nitrogens with zero attached hydrogens (tertiary/aromatic N) is 2. The van der Waals surface area contributed by atoms with Crippen LogP contribution in [0.3, 0.4) is 0 Å². The number of phenols is 1. The van der Waals surface area contributed by atoms with Gasteiger partial charge < -0.3 is 5.11 Å². The van der Waals surface area contributed by atoms with E-state index in [0.717, 1.165) is 17.8 Å². The highest BCUT2D eigenvalue weighted by Crippen LogP contribution is 2.28. The second-order valence-electron chi connectivity index (χ2n) is 4.79. The molecule has 10 heteroatoms. The summed E-state index contributed by atoms with van der Waals surface area (Å²) >= 11 is 1.73. The molecule has 0 aromatic heterocycles. The van der Waals surface area contributed by atoms with Crippen LogP contribution in [0.4, 0.5) is 5.69 Å². The number of phenolic OH excluding ortho intramolecular Hbond substituents is 1. The molecule has 0 spiro atoms. The van der Waals surface area contributed by atoms with E-state index in [1.807, 2.05) is 11.8 Å². The smallest absolute Gasteiger partial charge is 0.276 e. The Bertz CT molecular complexity index is 911. The summed E-state index contributed by atoms with van der Waals surface area (Å²) in [5, 5.41) is 24.3. The third-order valence-electron chi connectivity index (χ3n) is 3.00. The Hall–Kier alpha value is -2.21. The molecule has 2 aromatic carbocycles. The Morgan fingerprint density at radius 2 is 1.92 bits per heavy atom.